The number of ether oxygens (including phenoxy) is 1. The van der Waals surface area contributed by atoms with E-state index in [0.717, 1.165) is 5.56 Å². The minimum absolute atomic E-state index is 0.113. The predicted octanol–water partition coefficient (Wildman–Crippen LogP) is 2.94. The lowest BCUT2D eigenvalue weighted by atomic mass is 10.1. The summed E-state index contributed by atoms with van der Waals surface area (Å²) in [5.74, 6) is -0.287. The molecule has 2 rings (SSSR count). The van der Waals surface area contributed by atoms with Gasteiger partial charge >= 0.3 is 0 Å². The Bertz CT molecular complexity index is 588. The number of halogens is 1. The summed E-state index contributed by atoms with van der Waals surface area (Å²) in [6, 6.07) is 12.7. The first kappa shape index (κ1) is 16.0. The van der Waals surface area contributed by atoms with E-state index >= 15 is 0 Å². The van der Waals surface area contributed by atoms with E-state index in [1.807, 2.05) is 30.3 Å². The molecule has 0 aliphatic rings. The fraction of sp³-hybridized carbons (Fsp3) is 0.267. The average Bonchev–Trinajstić information content (AvgIpc) is 2.93. The summed E-state index contributed by atoms with van der Waals surface area (Å²) in [4.78, 5) is 12.9. The number of amides is 1. The molecule has 2 N–H and O–H groups in total. The van der Waals surface area contributed by atoms with Crippen LogP contribution in [-0.2, 0) is 9.53 Å². The second kappa shape index (κ2) is 7.56. The van der Waals surface area contributed by atoms with Crippen LogP contribution in [-0.4, -0.2) is 24.7 Å². The van der Waals surface area contributed by atoms with Crippen LogP contribution in [0.15, 0.2) is 42.5 Å². The van der Waals surface area contributed by atoms with Crippen LogP contribution in [0.25, 0.3) is 0 Å². The van der Waals surface area contributed by atoms with Gasteiger partial charge in [0.2, 0.25) is 0 Å². The second-order valence-corrected chi connectivity index (χ2v) is 6.18. The molecule has 1 aromatic carbocycles. The zero-order valence-electron chi connectivity index (χ0n) is 11.5. The number of carbonyl (C=O) groups is 1. The molecule has 112 valence electrons. The average molecular weight is 326 g/mol. The van der Waals surface area contributed by atoms with E-state index in [9.17, 15) is 9.90 Å². The van der Waals surface area contributed by atoms with Crippen molar-refractivity contribution in [1.29, 1.82) is 0 Å². The Morgan fingerprint density at radius 3 is 2.62 bits per heavy atom. The van der Waals surface area contributed by atoms with Crippen LogP contribution >= 0.6 is 22.9 Å². The molecule has 0 aliphatic carbocycles. The third kappa shape index (κ3) is 4.28. The molecule has 0 saturated heterocycles. The van der Waals surface area contributed by atoms with Gasteiger partial charge in [0.1, 0.15) is 6.10 Å². The Labute approximate surface area is 132 Å². The van der Waals surface area contributed by atoms with Crippen LogP contribution in [0.4, 0.5) is 0 Å². The van der Waals surface area contributed by atoms with Gasteiger partial charge in [0.25, 0.3) is 5.91 Å². The Morgan fingerprint density at radius 2 is 2.05 bits per heavy atom. The molecule has 1 heterocycles. The SMILES string of the molecule is COC(C(=O)NCC(O)c1ccc(Cl)s1)c1ccccc1. The molecule has 21 heavy (non-hydrogen) atoms. The van der Waals surface area contributed by atoms with Crippen LogP contribution < -0.4 is 5.32 Å². The number of methoxy groups -OCH3 is 1. The second-order valence-electron chi connectivity index (χ2n) is 4.43. The number of hydrogen-bond acceptors (Lipinski definition) is 4. The zero-order valence-corrected chi connectivity index (χ0v) is 13.0. The number of aliphatic hydroxyl groups is 1. The number of nitrogens with one attached hydrogen (secondary N) is 1. The van der Waals surface area contributed by atoms with Gasteiger partial charge in [0.15, 0.2) is 6.10 Å². The van der Waals surface area contributed by atoms with Crippen molar-refractivity contribution in [2.45, 2.75) is 12.2 Å². The monoisotopic (exact) mass is 325 g/mol. The third-order valence-corrected chi connectivity index (χ3v) is 4.30. The van der Waals surface area contributed by atoms with Crippen molar-refractivity contribution in [1.82, 2.24) is 5.32 Å². The van der Waals surface area contributed by atoms with Gasteiger partial charge in [-0.2, -0.15) is 0 Å². The standard InChI is InChI=1S/C15H16ClNO3S/c1-20-14(10-5-3-2-4-6-10)15(19)17-9-11(18)12-7-8-13(16)21-12/h2-8,11,14,18H,9H2,1H3,(H,17,19). The summed E-state index contributed by atoms with van der Waals surface area (Å²) in [5, 5.41) is 12.7. The van der Waals surface area contributed by atoms with Crippen LogP contribution in [0, 0.1) is 0 Å². The molecule has 6 heteroatoms. The molecule has 1 aromatic heterocycles. The van der Waals surface area contributed by atoms with E-state index in [1.54, 1.807) is 12.1 Å². The number of carbonyl (C=O) groups excluding carboxylic acids is 1. The van der Waals surface area contributed by atoms with Crippen LogP contribution in [0.1, 0.15) is 22.6 Å². The Balaban J connectivity index is 1.94. The number of thiophene rings is 1. The van der Waals surface area contributed by atoms with Gasteiger partial charge in [-0.15, -0.1) is 11.3 Å². The summed E-state index contributed by atoms with van der Waals surface area (Å²) in [6.07, 6.45) is -1.47. The quantitative estimate of drug-likeness (QED) is 0.858. The van der Waals surface area contributed by atoms with Gasteiger partial charge < -0.3 is 15.2 Å². The summed E-state index contributed by atoms with van der Waals surface area (Å²) in [6.45, 7) is 0.113. The molecular formula is C15H16ClNO3S. The molecule has 2 unspecified atom stereocenters. The van der Waals surface area contributed by atoms with Crippen molar-refractivity contribution < 1.29 is 14.6 Å². The normalized spacial score (nSPS) is 13.7. The fourth-order valence-electron chi connectivity index (χ4n) is 1.92. The molecular weight excluding hydrogens is 310 g/mol. The van der Waals surface area contributed by atoms with Crippen molar-refractivity contribution in [3.8, 4) is 0 Å². The van der Waals surface area contributed by atoms with E-state index in [2.05, 4.69) is 5.32 Å². The maximum Gasteiger partial charge on any atom is 0.253 e. The number of aliphatic hydroxyl groups excluding tert-OH is 1. The predicted molar refractivity (Wildman–Crippen MR) is 83.5 cm³/mol. The lowest BCUT2D eigenvalue weighted by Gasteiger charge is -2.17. The van der Waals surface area contributed by atoms with Gasteiger partial charge in [0, 0.05) is 18.5 Å². The fourth-order valence-corrected chi connectivity index (χ4v) is 2.97. The van der Waals surface area contributed by atoms with E-state index in [4.69, 9.17) is 16.3 Å². The maximum atomic E-state index is 12.1. The third-order valence-electron chi connectivity index (χ3n) is 2.97. The summed E-state index contributed by atoms with van der Waals surface area (Å²) >= 11 is 7.11. The van der Waals surface area contributed by atoms with Gasteiger partial charge in [-0.25, -0.2) is 0 Å². The lowest BCUT2D eigenvalue weighted by Crippen LogP contribution is -2.33. The topological polar surface area (TPSA) is 58.6 Å². The minimum atomic E-state index is -0.778. The molecule has 2 atom stereocenters. The Hall–Kier alpha value is -1.40. The molecule has 0 aliphatic heterocycles. The van der Waals surface area contributed by atoms with E-state index in [0.29, 0.717) is 9.21 Å². The van der Waals surface area contributed by atoms with E-state index in [1.165, 1.54) is 18.4 Å². The highest BCUT2D eigenvalue weighted by atomic mass is 35.5. The largest absolute Gasteiger partial charge is 0.386 e. The van der Waals surface area contributed by atoms with Crippen LogP contribution in [0.3, 0.4) is 0 Å². The molecule has 0 fully saturated rings. The van der Waals surface area contributed by atoms with Crippen molar-refractivity contribution in [2.24, 2.45) is 0 Å². The molecule has 2 aromatic rings. The number of rotatable bonds is 6. The van der Waals surface area contributed by atoms with Gasteiger partial charge in [-0.3, -0.25) is 4.79 Å². The molecule has 0 spiro atoms. The Morgan fingerprint density at radius 1 is 1.33 bits per heavy atom. The van der Waals surface area contributed by atoms with Gasteiger partial charge in [-0.05, 0) is 17.7 Å². The molecule has 0 bridgehead atoms. The first-order chi connectivity index (χ1) is 10.1. The highest BCUT2D eigenvalue weighted by molar-refractivity contribution is 7.16. The highest BCUT2D eigenvalue weighted by Gasteiger charge is 2.21. The Kier molecular flexibility index (Phi) is 5.76. The lowest BCUT2D eigenvalue weighted by molar-refractivity contribution is -0.131. The molecule has 4 nitrogen and oxygen atoms in total. The van der Waals surface area contributed by atoms with Crippen molar-refractivity contribution >= 4 is 28.8 Å². The summed E-state index contributed by atoms with van der Waals surface area (Å²) in [5.41, 5.74) is 0.770. The zero-order chi connectivity index (χ0) is 15.2. The number of benzene rings is 1. The maximum absolute atomic E-state index is 12.1. The van der Waals surface area contributed by atoms with E-state index < -0.39 is 12.2 Å². The van der Waals surface area contributed by atoms with Crippen molar-refractivity contribution in [2.75, 3.05) is 13.7 Å². The highest BCUT2D eigenvalue weighted by Crippen LogP contribution is 2.26. The minimum Gasteiger partial charge on any atom is -0.386 e. The molecule has 1 amide bonds. The first-order valence-corrected chi connectivity index (χ1v) is 7.60. The van der Waals surface area contributed by atoms with Crippen molar-refractivity contribution in [3.05, 3.63) is 57.2 Å². The molecule has 0 radical (unpaired) electrons. The van der Waals surface area contributed by atoms with Crippen LogP contribution in [0.5, 0.6) is 0 Å². The van der Waals surface area contributed by atoms with Gasteiger partial charge in [0.05, 0.1) is 4.34 Å². The van der Waals surface area contributed by atoms with E-state index in [-0.39, 0.29) is 12.5 Å². The number of hydrogen-bond donors (Lipinski definition) is 2. The molecule has 0 saturated carbocycles. The van der Waals surface area contributed by atoms with Gasteiger partial charge in [-0.1, -0.05) is 41.9 Å². The summed E-state index contributed by atoms with van der Waals surface area (Å²) in [7, 11) is 1.48. The smallest absolute Gasteiger partial charge is 0.253 e. The van der Waals surface area contributed by atoms with Crippen LogP contribution in [0.2, 0.25) is 4.34 Å². The first-order valence-electron chi connectivity index (χ1n) is 6.40. The van der Waals surface area contributed by atoms with Crippen molar-refractivity contribution in [3.63, 3.8) is 0 Å². The summed E-state index contributed by atoms with van der Waals surface area (Å²) < 4.78 is 5.83.